The topological polar surface area (TPSA) is 42.4 Å². The number of hydrogen-bond donors (Lipinski definition) is 1. The molecule has 0 amide bonds. The molecule has 0 saturated heterocycles. The Morgan fingerprint density at radius 1 is 1.24 bits per heavy atom. The molecule has 1 aliphatic rings. The van der Waals surface area contributed by atoms with Gasteiger partial charge < -0.3 is 10.2 Å². The Labute approximate surface area is 126 Å². The fourth-order valence-corrected chi connectivity index (χ4v) is 3.00. The summed E-state index contributed by atoms with van der Waals surface area (Å²) in [6, 6.07) is 13.7. The maximum absolute atomic E-state index is 6.33. The second-order valence-corrected chi connectivity index (χ2v) is 6.20. The molecule has 1 heterocycles. The van der Waals surface area contributed by atoms with Gasteiger partial charge in [-0.25, -0.2) is 0 Å². The van der Waals surface area contributed by atoms with Crippen LogP contribution < -0.4 is 5.73 Å². The lowest BCUT2D eigenvalue weighted by Crippen LogP contribution is -2.40. The van der Waals surface area contributed by atoms with E-state index in [1.165, 1.54) is 24.0 Å². The van der Waals surface area contributed by atoms with E-state index in [0.717, 1.165) is 12.3 Å². The Hall–Kier alpha value is -1.58. The minimum Gasteiger partial charge on any atom is -0.468 e. The van der Waals surface area contributed by atoms with Crippen LogP contribution in [0.2, 0.25) is 0 Å². The van der Waals surface area contributed by atoms with Crippen LogP contribution in [0.4, 0.5) is 0 Å². The van der Waals surface area contributed by atoms with Crippen molar-refractivity contribution < 1.29 is 4.42 Å². The summed E-state index contributed by atoms with van der Waals surface area (Å²) in [7, 11) is 0. The van der Waals surface area contributed by atoms with Crippen LogP contribution >= 0.6 is 0 Å². The van der Waals surface area contributed by atoms with Gasteiger partial charge in [-0.2, -0.15) is 0 Å². The quantitative estimate of drug-likeness (QED) is 0.880. The Morgan fingerprint density at radius 2 is 1.95 bits per heavy atom. The van der Waals surface area contributed by atoms with Gasteiger partial charge in [0.05, 0.1) is 18.8 Å². The van der Waals surface area contributed by atoms with Crippen molar-refractivity contribution >= 4 is 0 Å². The van der Waals surface area contributed by atoms with Gasteiger partial charge in [0.1, 0.15) is 5.76 Å². The van der Waals surface area contributed by atoms with Gasteiger partial charge in [-0.1, -0.05) is 29.8 Å². The highest BCUT2D eigenvalue weighted by Crippen LogP contribution is 2.37. The van der Waals surface area contributed by atoms with Crippen LogP contribution in [-0.4, -0.2) is 17.0 Å². The monoisotopic (exact) mass is 284 g/mol. The standard InChI is InChI=1S/C18H24N2O/c1-13-5-7-15(8-6-13)18(14(2)19)20(16-9-10-16)12-17-4-3-11-21-17/h3-8,11,14,16,18H,9-10,12,19H2,1-2H3. The third kappa shape index (κ3) is 3.36. The van der Waals surface area contributed by atoms with Crippen LogP contribution in [-0.2, 0) is 6.54 Å². The molecule has 21 heavy (non-hydrogen) atoms. The van der Waals surface area contributed by atoms with Crippen molar-refractivity contribution in [3.05, 3.63) is 59.5 Å². The fourth-order valence-electron chi connectivity index (χ4n) is 3.00. The largest absolute Gasteiger partial charge is 0.468 e. The molecule has 2 unspecified atom stereocenters. The second-order valence-electron chi connectivity index (χ2n) is 6.20. The van der Waals surface area contributed by atoms with Crippen molar-refractivity contribution in [1.82, 2.24) is 4.90 Å². The first-order valence-electron chi connectivity index (χ1n) is 7.75. The first-order chi connectivity index (χ1) is 10.1. The average Bonchev–Trinajstić information content (AvgIpc) is 3.18. The smallest absolute Gasteiger partial charge is 0.117 e. The van der Waals surface area contributed by atoms with Crippen LogP contribution in [0.25, 0.3) is 0 Å². The van der Waals surface area contributed by atoms with Gasteiger partial charge in [-0.3, -0.25) is 4.90 Å². The summed E-state index contributed by atoms with van der Waals surface area (Å²) in [5, 5.41) is 0. The third-order valence-electron chi connectivity index (χ3n) is 4.21. The van der Waals surface area contributed by atoms with Crippen molar-refractivity contribution in [1.29, 1.82) is 0 Å². The first kappa shape index (κ1) is 14.4. The molecule has 1 saturated carbocycles. The Bertz CT molecular complexity index is 555. The number of nitrogens with zero attached hydrogens (tertiary/aromatic N) is 1. The second kappa shape index (κ2) is 6.04. The zero-order chi connectivity index (χ0) is 14.8. The predicted molar refractivity (Wildman–Crippen MR) is 84.8 cm³/mol. The van der Waals surface area contributed by atoms with E-state index < -0.39 is 0 Å². The molecule has 2 atom stereocenters. The summed E-state index contributed by atoms with van der Waals surface area (Å²) in [4.78, 5) is 2.51. The molecule has 3 rings (SSSR count). The summed E-state index contributed by atoms with van der Waals surface area (Å²) in [5.74, 6) is 1.01. The number of hydrogen-bond acceptors (Lipinski definition) is 3. The molecular formula is C18H24N2O. The summed E-state index contributed by atoms with van der Waals surface area (Å²) >= 11 is 0. The molecule has 112 valence electrons. The van der Waals surface area contributed by atoms with E-state index in [2.05, 4.69) is 43.0 Å². The minimum atomic E-state index is 0.0864. The summed E-state index contributed by atoms with van der Waals surface area (Å²) in [6.45, 7) is 5.05. The Morgan fingerprint density at radius 3 is 2.48 bits per heavy atom. The maximum Gasteiger partial charge on any atom is 0.117 e. The molecule has 2 N–H and O–H groups in total. The normalized spacial score (nSPS) is 17.9. The molecule has 3 nitrogen and oxygen atoms in total. The van der Waals surface area contributed by atoms with Crippen molar-refractivity contribution in [2.45, 2.75) is 51.4 Å². The van der Waals surface area contributed by atoms with E-state index >= 15 is 0 Å². The fraction of sp³-hybridized carbons (Fsp3) is 0.444. The zero-order valence-electron chi connectivity index (χ0n) is 12.8. The van der Waals surface area contributed by atoms with Crippen LogP contribution in [0.3, 0.4) is 0 Å². The molecular weight excluding hydrogens is 260 g/mol. The van der Waals surface area contributed by atoms with E-state index in [4.69, 9.17) is 10.2 Å². The molecule has 0 aliphatic heterocycles. The first-order valence-corrected chi connectivity index (χ1v) is 7.75. The highest BCUT2D eigenvalue weighted by molar-refractivity contribution is 5.26. The van der Waals surface area contributed by atoms with Gasteiger partial charge in [0.2, 0.25) is 0 Å². The van der Waals surface area contributed by atoms with Crippen LogP contribution in [0.5, 0.6) is 0 Å². The van der Waals surface area contributed by atoms with Crippen molar-refractivity contribution in [2.75, 3.05) is 0 Å². The van der Waals surface area contributed by atoms with Gasteiger partial charge in [0, 0.05) is 12.1 Å². The molecule has 0 spiro atoms. The highest BCUT2D eigenvalue weighted by Gasteiger charge is 2.36. The SMILES string of the molecule is Cc1ccc(C(C(C)N)N(Cc2ccco2)C2CC2)cc1. The molecule has 2 aromatic rings. The van der Waals surface area contributed by atoms with Crippen molar-refractivity contribution in [3.8, 4) is 0 Å². The van der Waals surface area contributed by atoms with E-state index in [9.17, 15) is 0 Å². The lowest BCUT2D eigenvalue weighted by Gasteiger charge is -2.34. The van der Waals surface area contributed by atoms with Gasteiger partial charge in [0.25, 0.3) is 0 Å². The van der Waals surface area contributed by atoms with Crippen LogP contribution in [0, 0.1) is 6.92 Å². The van der Waals surface area contributed by atoms with Gasteiger partial charge in [0.15, 0.2) is 0 Å². The number of rotatable bonds is 6. The average molecular weight is 284 g/mol. The van der Waals surface area contributed by atoms with Gasteiger partial charge in [-0.05, 0) is 44.4 Å². The zero-order valence-corrected chi connectivity index (χ0v) is 12.8. The molecule has 1 aromatic carbocycles. The number of furan rings is 1. The molecule has 0 bridgehead atoms. The molecule has 3 heteroatoms. The molecule has 1 aromatic heterocycles. The summed E-state index contributed by atoms with van der Waals surface area (Å²) < 4.78 is 5.54. The predicted octanol–water partition coefficient (Wildman–Crippen LogP) is 3.64. The summed E-state index contributed by atoms with van der Waals surface area (Å²) in [5.41, 5.74) is 8.91. The number of benzene rings is 1. The van der Waals surface area contributed by atoms with E-state index in [1.54, 1.807) is 6.26 Å². The van der Waals surface area contributed by atoms with Crippen LogP contribution in [0.15, 0.2) is 47.1 Å². The van der Waals surface area contributed by atoms with E-state index in [0.29, 0.717) is 6.04 Å². The van der Waals surface area contributed by atoms with Crippen LogP contribution in [0.1, 0.15) is 42.7 Å². The molecule has 1 aliphatic carbocycles. The Kier molecular flexibility index (Phi) is 4.13. The van der Waals surface area contributed by atoms with Crippen molar-refractivity contribution in [2.24, 2.45) is 5.73 Å². The highest BCUT2D eigenvalue weighted by atomic mass is 16.3. The van der Waals surface area contributed by atoms with Crippen molar-refractivity contribution in [3.63, 3.8) is 0 Å². The lowest BCUT2D eigenvalue weighted by molar-refractivity contribution is 0.146. The maximum atomic E-state index is 6.33. The van der Waals surface area contributed by atoms with E-state index in [1.807, 2.05) is 12.1 Å². The minimum absolute atomic E-state index is 0.0864. The van der Waals surface area contributed by atoms with Gasteiger partial charge >= 0.3 is 0 Å². The Balaban J connectivity index is 1.87. The van der Waals surface area contributed by atoms with Gasteiger partial charge in [-0.15, -0.1) is 0 Å². The number of aryl methyl sites for hydroxylation is 1. The summed E-state index contributed by atoms with van der Waals surface area (Å²) in [6.07, 6.45) is 4.26. The molecule has 1 fully saturated rings. The van der Waals surface area contributed by atoms with E-state index in [-0.39, 0.29) is 12.1 Å². The molecule has 0 radical (unpaired) electrons. The lowest BCUT2D eigenvalue weighted by atomic mass is 9.97. The number of nitrogens with two attached hydrogens (primary N) is 1. The third-order valence-corrected chi connectivity index (χ3v) is 4.21.